The van der Waals surface area contributed by atoms with Gasteiger partial charge in [0.05, 0.1) is 11.5 Å². The zero-order valence-corrected chi connectivity index (χ0v) is 12.4. The molecule has 1 N–H and O–H groups in total. The summed E-state index contributed by atoms with van der Waals surface area (Å²) in [6.07, 6.45) is 0. The first-order chi connectivity index (χ1) is 10.2. The molecule has 0 spiro atoms. The topological polar surface area (TPSA) is 73.6 Å². The molecule has 112 valence electrons. The van der Waals surface area contributed by atoms with Crippen molar-refractivity contribution in [3.8, 4) is 5.75 Å². The summed E-state index contributed by atoms with van der Waals surface area (Å²) in [7, 11) is 1.63. The maximum atomic E-state index is 10.6. The number of hydrogen-bond acceptors (Lipinski definition) is 6. The number of thiophene rings is 1. The molecule has 0 saturated carbocycles. The van der Waals surface area contributed by atoms with Gasteiger partial charge in [-0.05, 0) is 30.3 Å². The summed E-state index contributed by atoms with van der Waals surface area (Å²) in [5.74, 6) is 0.782. The van der Waals surface area contributed by atoms with Gasteiger partial charge in [-0.2, -0.15) is 0 Å². The molecule has 0 bridgehead atoms. The van der Waals surface area contributed by atoms with Crippen LogP contribution in [0, 0.1) is 10.1 Å². The van der Waals surface area contributed by atoms with Gasteiger partial charge < -0.3 is 14.8 Å². The number of rotatable bonds is 8. The molecule has 1 heterocycles. The maximum absolute atomic E-state index is 10.6. The summed E-state index contributed by atoms with van der Waals surface area (Å²) in [5, 5.41) is 14.0. The molecule has 1 aromatic heterocycles. The average molecular weight is 308 g/mol. The van der Waals surface area contributed by atoms with Gasteiger partial charge in [-0.1, -0.05) is 11.3 Å². The standard InChI is InChI=1S/C14H16N2O4S/c1-19-8-9-20-12-4-2-11(3-5-12)15-10-13-6-7-14(21-13)16(17)18/h2-7,15H,8-10H2,1H3. The molecule has 0 atom stereocenters. The fourth-order valence-electron chi connectivity index (χ4n) is 1.66. The van der Waals surface area contributed by atoms with E-state index in [1.165, 1.54) is 17.4 Å². The van der Waals surface area contributed by atoms with Crippen LogP contribution < -0.4 is 10.1 Å². The van der Waals surface area contributed by atoms with Crippen LogP contribution in [-0.2, 0) is 11.3 Å². The van der Waals surface area contributed by atoms with Gasteiger partial charge in [0, 0.05) is 30.3 Å². The van der Waals surface area contributed by atoms with Crippen LogP contribution >= 0.6 is 11.3 Å². The smallest absolute Gasteiger partial charge is 0.324 e. The molecular weight excluding hydrogens is 292 g/mol. The first-order valence-electron chi connectivity index (χ1n) is 6.38. The van der Waals surface area contributed by atoms with Crippen molar-refractivity contribution in [1.82, 2.24) is 0 Å². The highest BCUT2D eigenvalue weighted by atomic mass is 32.1. The molecule has 0 radical (unpaired) electrons. The summed E-state index contributed by atoms with van der Waals surface area (Å²) < 4.78 is 10.4. The van der Waals surface area contributed by atoms with E-state index in [1.807, 2.05) is 24.3 Å². The lowest BCUT2D eigenvalue weighted by Gasteiger charge is -2.08. The predicted molar refractivity (Wildman–Crippen MR) is 82.1 cm³/mol. The quantitative estimate of drug-likeness (QED) is 0.460. The molecule has 0 aliphatic rings. The number of methoxy groups -OCH3 is 1. The second-order valence-electron chi connectivity index (χ2n) is 4.22. The Morgan fingerprint density at radius 1 is 1.19 bits per heavy atom. The molecule has 1 aromatic carbocycles. The molecule has 0 aliphatic carbocycles. The van der Waals surface area contributed by atoms with Gasteiger partial charge in [0.25, 0.3) is 0 Å². The number of nitro groups is 1. The van der Waals surface area contributed by atoms with Crippen molar-refractivity contribution >= 4 is 22.0 Å². The second-order valence-corrected chi connectivity index (χ2v) is 5.36. The van der Waals surface area contributed by atoms with Crippen LogP contribution in [-0.4, -0.2) is 25.2 Å². The van der Waals surface area contributed by atoms with Crippen molar-refractivity contribution in [3.63, 3.8) is 0 Å². The summed E-state index contributed by atoms with van der Waals surface area (Å²) >= 11 is 1.18. The van der Waals surface area contributed by atoms with Crippen LogP contribution in [0.15, 0.2) is 36.4 Å². The van der Waals surface area contributed by atoms with E-state index in [2.05, 4.69) is 5.32 Å². The third-order valence-corrected chi connectivity index (χ3v) is 3.74. The van der Waals surface area contributed by atoms with Gasteiger partial charge in [0.1, 0.15) is 12.4 Å². The van der Waals surface area contributed by atoms with Crippen LogP contribution in [0.2, 0.25) is 0 Å². The number of nitrogens with zero attached hydrogens (tertiary/aromatic N) is 1. The van der Waals surface area contributed by atoms with E-state index in [9.17, 15) is 10.1 Å². The molecule has 0 fully saturated rings. The highest BCUT2D eigenvalue weighted by Gasteiger charge is 2.09. The first-order valence-corrected chi connectivity index (χ1v) is 7.19. The summed E-state index contributed by atoms with van der Waals surface area (Å²) in [6.45, 7) is 1.63. The molecule has 0 saturated heterocycles. The number of nitrogens with one attached hydrogen (secondary N) is 1. The largest absolute Gasteiger partial charge is 0.491 e. The van der Waals surface area contributed by atoms with Gasteiger partial charge >= 0.3 is 5.00 Å². The number of hydrogen-bond donors (Lipinski definition) is 1. The highest BCUT2D eigenvalue weighted by Crippen LogP contribution is 2.25. The minimum Gasteiger partial charge on any atom is -0.491 e. The Hall–Kier alpha value is -2.12. The van der Waals surface area contributed by atoms with E-state index in [4.69, 9.17) is 9.47 Å². The molecule has 0 amide bonds. The van der Waals surface area contributed by atoms with Crippen LogP contribution in [0.3, 0.4) is 0 Å². The van der Waals surface area contributed by atoms with Crippen LogP contribution in [0.5, 0.6) is 5.75 Å². The monoisotopic (exact) mass is 308 g/mol. The van der Waals surface area contributed by atoms with E-state index in [-0.39, 0.29) is 9.92 Å². The Kier molecular flexibility index (Phi) is 5.53. The number of benzene rings is 1. The zero-order valence-electron chi connectivity index (χ0n) is 11.6. The molecule has 0 unspecified atom stereocenters. The number of anilines is 1. The fraction of sp³-hybridized carbons (Fsp3) is 0.286. The van der Waals surface area contributed by atoms with E-state index >= 15 is 0 Å². The third kappa shape index (κ3) is 4.73. The highest BCUT2D eigenvalue weighted by molar-refractivity contribution is 7.15. The van der Waals surface area contributed by atoms with Crippen LogP contribution in [0.4, 0.5) is 10.7 Å². The maximum Gasteiger partial charge on any atom is 0.324 e. The molecule has 21 heavy (non-hydrogen) atoms. The van der Waals surface area contributed by atoms with Crippen molar-refractivity contribution in [2.45, 2.75) is 6.54 Å². The Morgan fingerprint density at radius 2 is 1.95 bits per heavy atom. The van der Waals surface area contributed by atoms with Gasteiger partial charge in [0.2, 0.25) is 0 Å². The van der Waals surface area contributed by atoms with Crippen molar-refractivity contribution in [3.05, 3.63) is 51.4 Å². The molecule has 2 aromatic rings. The van der Waals surface area contributed by atoms with E-state index in [0.717, 1.165) is 16.3 Å². The van der Waals surface area contributed by atoms with Gasteiger partial charge in [-0.3, -0.25) is 10.1 Å². The van der Waals surface area contributed by atoms with Crippen molar-refractivity contribution in [2.24, 2.45) is 0 Å². The summed E-state index contributed by atoms with van der Waals surface area (Å²) in [4.78, 5) is 11.2. The SMILES string of the molecule is COCCOc1ccc(NCc2ccc([N+](=O)[O-])s2)cc1. The minimum absolute atomic E-state index is 0.161. The average Bonchev–Trinajstić information content (AvgIpc) is 2.96. The first kappa shape index (κ1) is 15.3. The van der Waals surface area contributed by atoms with Gasteiger partial charge in [-0.15, -0.1) is 0 Å². The van der Waals surface area contributed by atoms with E-state index in [1.54, 1.807) is 13.2 Å². The van der Waals surface area contributed by atoms with Crippen molar-refractivity contribution < 1.29 is 14.4 Å². The van der Waals surface area contributed by atoms with Crippen molar-refractivity contribution in [2.75, 3.05) is 25.6 Å². The Morgan fingerprint density at radius 3 is 2.57 bits per heavy atom. The third-order valence-electron chi connectivity index (χ3n) is 2.70. The minimum atomic E-state index is -0.375. The van der Waals surface area contributed by atoms with E-state index < -0.39 is 0 Å². The molecule has 7 heteroatoms. The number of ether oxygens (including phenoxy) is 2. The van der Waals surface area contributed by atoms with Crippen molar-refractivity contribution in [1.29, 1.82) is 0 Å². The van der Waals surface area contributed by atoms with E-state index in [0.29, 0.717) is 19.8 Å². The molecular formula is C14H16N2O4S. The Balaban J connectivity index is 1.83. The van der Waals surface area contributed by atoms with Gasteiger partial charge in [0.15, 0.2) is 0 Å². The Labute approximate surface area is 126 Å². The fourth-order valence-corrected chi connectivity index (χ4v) is 2.42. The Bertz CT molecular complexity index is 583. The van der Waals surface area contributed by atoms with Crippen LogP contribution in [0.1, 0.15) is 4.88 Å². The second kappa shape index (κ2) is 7.61. The normalized spacial score (nSPS) is 10.3. The lowest BCUT2D eigenvalue weighted by atomic mass is 10.3. The molecule has 0 aliphatic heterocycles. The summed E-state index contributed by atoms with van der Waals surface area (Å²) in [5.41, 5.74) is 0.935. The van der Waals surface area contributed by atoms with Crippen LogP contribution in [0.25, 0.3) is 0 Å². The summed E-state index contributed by atoms with van der Waals surface area (Å²) in [6, 6.07) is 10.8. The van der Waals surface area contributed by atoms with Gasteiger partial charge in [-0.25, -0.2) is 0 Å². The lowest BCUT2D eigenvalue weighted by Crippen LogP contribution is -2.04. The molecule has 2 rings (SSSR count). The lowest BCUT2D eigenvalue weighted by molar-refractivity contribution is -0.380. The molecule has 6 nitrogen and oxygen atoms in total. The zero-order chi connectivity index (χ0) is 15.1. The predicted octanol–water partition coefficient (Wildman–Crippen LogP) is 3.29.